The Balaban J connectivity index is 2.38. The molecule has 0 aliphatic rings. The van der Waals surface area contributed by atoms with E-state index in [0.717, 1.165) is 16.7 Å². The highest BCUT2D eigenvalue weighted by atomic mass is 16.7. The number of hydrogen-bond acceptors (Lipinski definition) is 3. The first-order valence-corrected chi connectivity index (χ1v) is 6.75. The maximum Gasteiger partial charge on any atom is 0.294 e. The maximum atomic E-state index is 12.6. The molecular formula is C17H16N2O2. The number of benzene rings is 2. The molecule has 4 nitrogen and oxygen atoms in total. The van der Waals surface area contributed by atoms with Gasteiger partial charge in [-0.25, -0.2) is 4.98 Å². The van der Waals surface area contributed by atoms with Crippen LogP contribution in [-0.2, 0) is 0 Å². The Bertz CT molecular complexity index is 882. The Morgan fingerprint density at radius 3 is 2.52 bits per heavy atom. The van der Waals surface area contributed by atoms with Crippen molar-refractivity contribution in [2.45, 2.75) is 13.8 Å². The molecule has 0 unspecified atom stereocenters. The monoisotopic (exact) mass is 280 g/mol. The zero-order chi connectivity index (χ0) is 15.0. The molecule has 0 fully saturated rings. The van der Waals surface area contributed by atoms with Crippen LogP contribution in [0.1, 0.15) is 11.1 Å². The molecule has 0 saturated carbocycles. The van der Waals surface area contributed by atoms with E-state index >= 15 is 0 Å². The van der Waals surface area contributed by atoms with Gasteiger partial charge in [0.2, 0.25) is 0 Å². The molecule has 0 bridgehead atoms. The largest absolute Gasteiger partial charge is 0.412 e. The number of hydrogen-bond donors (Lipinski definition) is 0. The molecule has 3 aromatic rings. The van der Waals surface area contributed by atoms with Crippen LogP contribution in [-0.4, -0.2) is 16.8 Å². The Kier molecular flexibility index (Phi) is 3.22. The average molecular weight is 280 g/mol. The smallest absolute Gasteiger partial charge is 0.294 e. The summed E-state index contributed by atoms with van der Waals surface area (Å²) in [6.07, 6.45) is 0. The van der Waals surface area contributed by atoms with Gasteiger partial charge in [0, 0.05) is 5.56 Å². The van der Waals surface area contributed by atoms with Gasteiger partial charge in [-0.3, -0.25) is 4.79 Å². The van der Waals surface area contributed by atoms with E-state index in [0.29, 0.717) is 16.7 Å². The van der Waals surface area contributed by atoms with Crippen molar-refractivity contribution in [3.63, 3.8) is 0 Å². The van der Waals surface area contributed by atoms with Crippen molar-refractivity contribution in [3.8, 4) is 11.4 Å². The fraction of sp³-hybridized carbons (Fsp3) is 0.176. The molecule has 106 valence electrons. The summed E-state index contributed by atoms with van der Waals surface area (Å²) in [6, 6.07) is 13.5. The average Bonchev–Trinajstić information content (AvgIpc) is 2.48. The zero-order valence-electron chi connectivity index (χ0n) is 12.3. The second-order valence-corrected chi connectivity index (χ2v) is 5.11. The molecule has 1 aromatic heterocycles. The summed E-state index contributed by atoms with van der Waals surface area (Å²) in [5.41, 5.74) is 3.47. The van der Waals surface area contributed by atoms with Crippen LogP contribution in [0.15, 0.2) is 47.3 Å². The van der Waals surface area contributed by atoms with Gasteiger partial charge >= 0.3 is 0 Å². The van der Waals surface area contributed by atoms with Gasteiger partial charge in [0.05, 0.1) is 10.9 Å². The van der Waals surface area contributed by atoms with Crippen molar-refractivity contribution >= 4 is 10.9 Å². The Morgan fingerprint density at radius 2 is 1.81 bits per heavy atom. The third kappa shape index (κ3) is 2.29. The SMILES string of the molecule is COn1c(-c2cccc(C)c2)nc2ccc(C)cc2c1=O. The minimum atomic E-state index is -0.192. The zero-order valence-corrected chi connectivity index (χ0v) is 12.3. The van der Waals surface area contributed by atoms with Gasteiger partial charge in [0.25, 0.3) is 5.56 Å². The van der Waals surface area contributed by atoms with Gasteiger partial charge < -0.3 is 4.84 Å². The van der Waals surface area contributed by atoms with Gasteiger partial charge in [0.15, 0.2) is 5.82 Å². The van der Waals surface area contributed by atoms with Crippen LogP contribution in [0.3, 0.4) is 0 Å². The van der Waals surface area contributed by atoms with Crippen molar-refractivity contribution in [2.24, 2.45) is 0 Å². The fourth-order valence-corrected chi connectivity index (χ4v) is 2.42. The lowest BCUT2D eigenvalue weighted by Crippen LogP contribution is -2.27. The topological polar surface area (TPSA) is 44.1 Å². The number of aryl methyl sites for hydroxylation is 2. The summed E-state index contributed by atoms with van der Waals surface area (Å²) in [4.78, 5) is 22.4. The van der Waals surface area contributed by atoms with E-state index in [4.69, 9.17) is 4.84 Å². The minimum Gasteiger partial charge on any atom is -0.412 e. The molecular weight excluding hydrogens is 264 g/mol. The van der Waals surface area contributed by atoms with E-state index in [1.807, 2.05) is 56.3 Å². The molecule has 4 heteroatoms. The van der Waals surface area contributed by atoms with Gasteiger partial charge in [-0.1, -0.05) is 35.4 Å². The normalized spacial score (nSPS) is 10.8. The van der Waals surface area contributed by atoms with Crippen LogP contribution >= 0.6 is 0 Å². The molecule has 21 heavy (non-hydrogen) atoms. The highest BCUT2D eigenvalue weighted by molar-refractivity contribution is 5.80. The third-order valence-corrected chi connectivity index (χ3v) is 3.44. The van der Waals surface area contributed by atoms with Crippen LogP contribution in [0.2, 0.25) is 0 Å². The van der Waals surface area contributed by atoms with Crippen molar-refractivity contribution in [1.82, 2.24) is 9.71 Å². The summed E-state index contributed by atoms with van der Waals surface area (Å²) < 4.78 is 1.25. The van der Waals surface area contributed by atoms with E-state index in [-0.39, 0.29) is 5.56 Å². The summed E-state index contributed by atoms with van der Waals surface area (Å²) >= 11 is 0. The third-order valence-electron chi connectivity index (χ3n) is 3.44. The predicted molar refractivity (Wildman–Crippen MR) is 83.4 cm³/mol. The van der Waals surface area contributed by atoms with E-state index in [1.165, 1.54) is 11.8 Å². The Morgan fingerprint density at radius 1 is 1.05 bits per heavy atom. The van der Waals surface area contributed by atoms with E-state index in [2.05, 4.69) is 4.98 Å². The molecule has 0 N–H and O–H groups in total. The van der Waals surface area contributed by atoms with Crippen LogP contribution < -0.4 is 10.4 Å². The van der Waals surface area contributed by atoms with Crippen LogP contribution in [0.5, 0.6) is 0 Å². The number of rotatable bonds is 2. The first-order valence-electron chi connectivity index (χ1n) is 6.75. The highest BCUT2D eigenvalue weighted by Gasteiger charge is 2.13. The second-order valence-electron chi connectivity index (χ2n) is 5.11. The summed E-state index contributed by atoms with van der Waals surface area (Å²) in [5.74, 6) is 0.516. The highest BCUT2D eigenvalue weighted by Crippen LogP contribution is 2.19. The Labute approximate surface area is 122 Å². The predicted octanol–water partition coefficient (Wildman–Crippen LogP) is 2.74. The lowest BCUT2D eigenvalue weighted by atomic mass is 10.1. The van der Waals surface area contributed by atoms with Crippen molar-refractivity contribution in [3.05, 3.63) is 63.9 Å². The molecule has 1 heterocycles. The minimum absolute atomic E-state index is 0.192. The van der Waals surface area contributed by atoms with Gasteiger partial charge in [-0.05, 0) is 32.0 Å². The molecule has 0 atom stereocenters. The molecule has 0 radical (unpaired) electrons. The summed E-state index contributed by atoms with van der Waals surface area (Å²) in [6.45, 7) is 3.95. The van der Waals surface area contributed by atoms with Gasteiger partial charge in [0.1, 0.15) is 7.11 Å². The summed E-state index contributed by atoms with van der Waals surface area (Å²) in [7, 11) is 1.48. The lowest BCUT2D eigenvalue weighted by Gasteiger charge is -2.12. The molecule has 3 rings (SSSR count). The van der Waals surface area contributed by atoms with Crippen molar-refractivity contribution in [1.29, 1.82) is 0 Å². The number of nitrogens with zero attached hydrogens (tertiary/aromatic N) is 2. The van der Waals surface area contributed by atoms with Crippen molar-refractivity contribution < 1.29 is 4.84 Å². The molecule has 0 aliphatic carbocycles. The first-order chi connectivity index (χ1) is 10.1. The van der Waals surface area contributed by atoms with E-state index in [9.17, 15) is 4.79 Å². The van der Waals surface area contributed by atoms with Crippen LogP contribution in [0.25, 0.3) is 22.3 Å². The lowest BCUT2D eigenvalue weighted by molar-refractivity contribution is 0.160. The Hall–Kier alpha value is -2.62. The fourth-order valence-electron chi connectivity index (χ4n) is 2.42. The standard InChI is InChI=1S/C17H16N2O2/c1-11-5-4-6-13(9-11)16-18-15-8-7-12(2)10-14(15)17(20)19(16)21-3/h4-10H,1-3H3. The maximum absolute atomic E-state index is 12.6. The van der Waals surface area contributed by atoms with Gasteiger partial charge in [-0.15, -0.1) is 4.73 Å². The van der Waals surface area contributed by atoms with Crippen molar-refractivity contribution in [2.75, 3.05) is 7.11 Å². The molecule has 0 saturated heterocycles. The molecule has 0 amide bonds. The number of aromatic nitrogens is 2. The number of fused-ring (bicyclic) bond motifs is 1. The first kappa shape index (κ1) is 13.4. The van der Waals surface area contributed by atoms with Crippen LogP contribution in [0.4, 0.5) is 0 Å². The molecule has 2 aromatic carbocycles. The van der Waals surface area contributed by atoms with E-state index < -0.39 is 0 Å². The van der Waals surface area contributed by atoms with Crippen LogP contribution in [0, 0.1) is 13.8 Å². The second kappa shape index (κ2) is 5.05. The quantitative estimate of drug-likeness (QED) is 0.725. The summed E-state index contributed by atoms with van der Waals surface area (Å²) in [5, 5.41) is 0.563. The molecule has 0 aliphatic heterocycles. The molecule has 0 spiro atoms. The van der Waals surface area contributed by atoms with Gasteiger partial charge in [-0.2, -0.15) is 0 Å². The van der Waals surface area contributed by atoms with E-state index in [1.54, 1.807) is 0 Å².